The molecule has 11 nitrogen and oxygen atoms in total. The van der Waals surface area contributed by atoms with Crippen LogP contribution in [0.25, 0.3) is 0 Å². The van der Waals surface area contributed by atoms with E-state index in [0.29, 0.717) is 17.1 Å². The molecule has 3 rings (SSSR count). The number of sulfonamides is 1. The zero-order valence-electron chi connectivity index (χ0n) is 18.1. The molecule has 0 aromatic carbocycles. The number of aryl methyl sites for hydroxylation is 1. The van der Waals surface area contributed by atoms with Crippen molar-refractivity contribution in [1.82, 2.24) is 9.46 Å². The molecule has 0 radical (unpaired) electrons. The molecule has 3 aromatic rings. The number of nitrogens with zero attached hydrogens (tertiary/aromatic N) is 3. The first-order chi connectivity index (χ1) is 15.1. The molecule has 0 saturated heterocycles. The summed E-state index contributed by atoms with van der Waals surface area (Å²) in [4.78, 5) is 0.112. The minimum Gasteiger partial charge on any atom is -0.503 e. The van der Waals surface area contributed by atoms with Crippen LogP contribution in [-0.2, 0) is 10.0 Å². The van der Waals surface area contributed by atoms with Gasteiger partial charge in [0.05, 0.1) is 0 Å². The van der Waals surface area contributed by atoms with E-state index in [4.69, 9.17) is 9.05 Å². The molecule has 0 aliphatic rings. The van der Waals surface area contributed by atoms with Crippen LogP contribution in [0, 0.1) is 12.1 Å². The minimum absolute atomic E-state index is 0.0253. The molecule has 3 heterocycles. The first-order valence-corrected chi connectivity index (χ1v) is 12.1. The van der Waals surface area contributed by atoms with Gasteiger partial charge >= 0.3 is 5.82 Å². The monoisotopic (exact) mass is 483 g/mol. The number of nitrogens with one attached hydrogen (secondary N) is 2. The maximum atomic E-state index is 12.8. The average molecular weight is 484 g/mol. The van der Waals surface area contributed by atoms with Crippen molar-refractivity contribution in [3.63, 3.8) is 0 Å². The summed E-state index contributed by atoms with van der Waals surface area (Å²) < 4.78 is 36.9. The van der Waals surface area contributed by atoms with Crippen LogP contribution in [-0.4, -0.2) is 36.1 Å². The van der Waals surface area contributed by atoms with Crippen molar-refractivity contribution in [3.8, 4) is 5.75 Å². The highest BCUT2D eigenvalue weighted by atomic mass is 32.2. The van der Waals surface area contributed by atoms with Gasteiger partial charge < -0.3 is 24.7 Å². The van der Waals surface area contributed by atoms with Crippen LogP contribution < -0.4 is 15.5 Å². The van der Waals surface area contributed by atoms with E-state index in [2.05, 4.69) is 22.4 Å². The Balaban J connectivity index is 1.91. The van der Waals surface area contributed by atoms with Crippen molar-refractivity contribution in [1.29, 1.82) is 0 Å². The second-order valence-corrected chi connectivity index (χ2v) is 10.0. The Morgan fingerprint density at radius 3 is 2.66 bits per heavy atom. The molecule has 0 saturated carbocycles. The van der Waals surface area contributed by atoms with Gasteiger partial charge in [0.2, 0.25) is 0 Å². The lowest BCUT2D eigenvalue weighted by atomic mass is 10.1. The van der Waals surface area contributed by atoms with E-state index >= 15 is 0 Å². The fraction of sp³-hybridized carbons (Fsp3) is 0.368. The lowest BCUT2D eigenvalue weighted by Gasteiger charge is -2.17. The first kappa shape index (κ1) is 23.6. The maximum absolute atomic E-state index is 12.8. The molecule has 0 amide bonds. The summed E-state index contributed by atoms with van der Waals surface area (Å²) >= 11 is 0.840. The summed E-state index contributed by atoms with van der Waals surface area (Å²) in [5, 5.41) is 33.6. The van der Waals surface area contributed by atoms with Crippen LogP contribution in [0.4, 0.5) is 17.3 Å². The Bertz CT molecular complexity index is 1210. The topological polar surface area (TPSA) is 148 Å². The van der Waals surface area contributed by atoms with Gasteiger partial charge in [-0.05, 0) is 31.1 Å². The number of aromatic nitrogens is 2. The number of furan rings is 1. The van der Waals surface area contributed by atoms with Crippen molar-refractivity contribution in [2.45, 2.75) is 37.9 Å². The standard InChI is InChI=1S/C19H25N5O6S2/c1-6-23(7-2)32(27,28)19-16(25)13(10-31-19)20-18-17(22-30-24(18)26)21-15(11(3)4)14-9-8-12(5)29-14/h8-10,15,20,25H,3,6-7H2,1-2,4-5H3,(H,21,22)/t15-/m1/s1. The van der Waals surface area contributed by atoms with E-state index in [1.54, 1.807) is 39.8 Å². The van der Waals surface area contributed by atoms with Gasteiger partial charge in [-0.25, -0.2) is 8.42 Å². The summed E-state index contributed by atoms with van der Waals surface area (Å²) in [5.41, 5.74) is 0.717. The van der Waals surface area contributed by atoms with Crippen molar-refractivity contribution in [2.75, 3.05) is 23.7 Å². The van der Waals surface area contributed by atoms with Gasteiger partial charge in [-0.3, -0.25) is 5.32 Å². The summed E-state index contributed by atoms with van der Waals surface area (Å²) in [5.74, 6) is 0.635. The van der Waals surface area contributed by atoms with Crippen LogP contribution in [0.15, 0.2) is 42.9 Å². The Hall–Kier alpha value is -3.03. The molecule has 0 spiro atoms. The van der Waals surface area contributed by atoms with Gasteiger partial charge in [-0.2, -0.15) is 4.31 Å². The summed E-state index contributed by atoms with van der Waals surface area (Å²) in [7, 11) is -3.88. The van der Waals surface area contributed by atoms with Gasteiger partial charge in [-0.1, -0.05) is 30.9 Å². The summed E-state index contributed by atoms with van der Waals surface area (Å²) in [6.45, 7) is 11.5. The zero-order valence-corrected chi connectivity index (χ0v) is 19.7. The fourth-order valence-corrected chi connectivity index (χ4v) is 5.88. The van der Waals surface area contributed by atoms with E-state index in [9.17, 15) is 18.7 Å². The van der Waals surface area contributed by atoms with Gasteiger partial charge in [0, 0.05) is 18.5 Å². The largest absolute Gasteiger partial charge is 0.503 e. The highest BCUT2D eigenvalue weighted by molar-refractivity contribution is 7.91. The maximum Gasteiger partial charge on any atom is 0.324 e. The molecule has 1 atom stereocenters. The third-order valence-corrected chi connectivity index (χ3v) is 8.24. The number of hydrogen-bond donors (Lipinski definition) is 3. The lowest BCUT2D eigenvalue weighted by molar-refractivity contribution is -0.790. The Morgan fingerprint density at radius 2 is 2.09 bits per heavy atom. The number of hydrogen-bond acceptors (Lipinski definition) is 10. The highest BCUT2D eigenvalue weighted by Gasteiger charge is 2.31. The van der Waals surface area contributed by atoms with Gasteiger partial charge in [0.25, 0.3) is 15.8 Å². The van der Waals surface area contributed by atoms with E-state index in [1.807, 2.05) is 0 Å². The Kier molecular flexibility index (Phi) is 6.81. The van der Waals surface area contributed by atoms with Gasteiger partial charge in [0.1, 0.15) is 17.6 Å². The second kappa shape index (κ2) is 9.22. The second-order valence-electron chi connectivity index (χ2n) is 7.00. The molecule has 0 unspecified atom stereocenters. The van der Waals surface area contributed by atoms with E-state index in [-0.39, 0.29) is 39.5 Å². The van der Waals surface area contributed by atoms with E-state index in [1.165, 1.54) is 9.69 Å². The van der Waals surface area contributed by atoms with E-state index < -0.39 is 21.8 Å². The zero-order chi connectivity index (χ0) is 23.6. The molecule has 0 bridgehead atoms. The highest BCUT2D eigenvalue weighted by Crippen LogP contribution is 2.41. The average Bonchev–Trinajstić information content (AvgIpc) is 3.41. The predicted molar refractivity (Wildman–Crippen MR) is 119 cm³/mol. The van der Waals surface area contributed by atoms with Crippen LogP contribution in [0.5, 0.6) is 5.75 Å². The molecule has 3 aromatic heterocycles. The summed E-state index contributed by atoms with van der Waals surface area (Å²) in [6, 6.07) is 3.06. The van der Waals surface area contributed by atoms with Crippen LogP contribution >= 0.6 is 11.3 Å². The number of rotatable bonds is 10. The normalized spacial score (nSPS) is 12.8. The van der Waals surface area contributed by atoms with Gasteiger partial charge in [0.15, 0.2) is 15.6 Å². The summed E-state index contributed by atoms with van der Waals surface area (Å²) in [6.07, 6.45) is 0. The SMILES string of the molecule is C=C(C)[C@@H](Nc1no[n+]([O-])c1Nc1csc(S(=O)(=O)N(CC)CC)c1O)c1ccc(C)o1. The molecular weight excluding hydrogens is 458 g/mol. The third-order valence-electron chi connectivity index (χ3n) is 4.70. The molecule has 32 heavy (non-hydrogen) atoms. The molecule has 0 aliphatic carbocycles. The van der Waals surface area contributed by atoms with E-state index in [0.717, 1.165) is 11.3 Å². The fourth-order valence-electron chi connectivity index (χ4n) is 3.04. The first-order valence-electron chi connectivity index (χ1n) is 9.75. The van der Waals surface area contributed by atoms with Crippen molar-refractivity contribution >= 4 is 38.7 Å². The van der Waals surface area contributed by atoms with Crippen molar-refractivity contribution in [2.24, 2.45) is 0 Å². The van der Waals surface area contributed by atoms with Crippen LogP contribution in [0.2, 0.25) is 0 Å². The molecule has 174 valence electrons. The molecular formula is C19H25N5O6S2. The number of aromatic hydroxyl groups is 1. The molecule has 13 heteroatoms. The smallest absolute Gasteiger partial charge is 0.324 e. The molecule has 0 aliphatic heterocycles. The predicted octanol–water partition coefficient (Wildman–Crippen LogP) is 3.48. The van der Waals surface area contributed by atoms with Crippen LogP contribution in [0.1, 0.15) is 38.3 Å². The lowest BCUT2D eigenvalue weighted by Crippen LogP contribution is -2.30. The van der Waals surface area contributed by atoms with Gasteiger partial charge in [-0.15, -0.1) is 11.3 Å². The molecule has 0 fully saturated rings. The number of thiophene rings is 1. The Labute approximate surface area is 189 Å². The number of anilines is 3. The molecule has 3 N–H and O–H groups in total. The third kappa shape index (κ3) is 4.45. The minimum atomic E-state index is -3.88. The quantitative estimate of drug-likeness (QED) is 0.291. The van der Waals surface area contributed by atoms with Crippen LogP contribution in [0.3, 0.4) is 0 Å². The van der Waals surface area contributed by atoms with Crippen molar-refractivity contribution < 1.29 is 27.5 Å². The van der Waals surface area contributed by atoms with Crippen molar-refractivity contribution in [3.05, 3.63) is 46.4 Å². The Morgan fingerprint density at radius 1 is 1.41 bits per heavy atom.